The summed E-state index contributed by atoms with van der Waals surface area (Å²) in [7, 11) is 0. The molecule has 0 radical (unpaired) electrons. The van der Waals surface area contributed by atoms with Gasteiger partial charge in [0, 0.05) is 0 Å². The Morgan fingerprint density at radius 3 is 0.367 bits per heavy atom. The zero-order valence-electron chi connectivity index (χ0n) is 13.8. The third-order valence-electron chi connectivity index (χ3n) is 2.04. The highest BCUT2D eigenvalue weighted by Crippen LogP contribution is 1.31. The first kappa shape index (κ1) is 30.8. The van der Waals surface area contributed by atoms with Crippen molar-refractivity contribution in [3.8, 4) is 0 Å². The zero-order chi connectivity index (χ0) is 20.6. The quantitative estimate of drug-likeness (QED) is 0.143. The van der Waals surface area contributed by atoms with Crippen molar-refractivity contribution in [3.05, 3.63) is 94.4 Å². The molecule has 0 unspecified atom stereocenters. The average Bonchev–Trinajstić information content (AvgIpc) is 2.43. The lowest BCUT2D eigenvalue weighted by atomic mass is 11.0. The van der Waals surface area contributed by atoms with Gasteiger partial charge in [0.25, 0.3) is 0 Å². The summed E-state index contributed by atoms with van der Waals surface area (Å²) in [6.45, 7) is 0. The molecular formula is C9H9Cl3N9O9-3. The lowest BCUT2D eigenvalue weighted by Gasteiger charge is -1.77. The summed E-state index contributed by atoms with van der Waals surface area (Å²) >= 11 is 0. The van der Waals surface area contributed by atoms with Crippen molar-refractivity contribution in [2.75, 3.05) is 0 Å². The van der Waals surface area contributed by atoms with Crippen LogP contribution < -0.4 is 88.4 Å². The monoisotopic (exact) mass is 492 g/mol. The van der Waals surface area contributed by atoms with Crippen molar-refractivity contribution in [3.63, 3.8) is 0 Å². The third-order valence-corrected chi connectivity index (χ3v) is 2.04. The van der Waals surface area contributed by atoms with Crippen molar-refractivity contribution in [1.29, 1.82) is 0 Å². The Bertz CT molecular complexity index is 1020. The largest absolute Gasteiger partial charge is 1.00 e. The second kappa shape index (κ2) is 14.1. The van der Waals surface area contributed by atoms with Crippen LogP contribution in [0.1, 0.15) is 0 Å². The predicted octanol–water partition coefficient (Wildman–Crippen LogP) is -15.7. The molecule has 0 atom stereocenters. The molecule has 0 aliphatic heterocycles. The average molecular weight is 494 g/mol. The second-order valence-corrected chi connectivity index (χ2v) is 4.09. The first-order chi connectivity index (χ1) is 12.5. The van der Waals surface area contributed by atoms with E-state index in [0.29, 0.717) is 0 Å². The smallest absolute Gasteiger partial charge is 0.330 e. The summed E-state index contributed by atoms with van der Waals surface area (Å²) in [6, 6.07) is 0. The van der Waals surface area contributed by atoms with Gasteiger partial charge in [-0.2, -0.15) is 0 Å². The van der Waals surface area contributed by atoms with E-state index in [1.165, 1.54) is 0 Å². The van der Waals surface area contributed by atoms with Crippen LogP contribution in [0.2, 0.25) is 0 Å². The van der Waals surface area contributed by atoms with E-state index in [9.17, 15) is 43.2 Å². The first-order valence-electron chi connectivity index (χ1n) is 6.34. The van der Waals surface area contributed by atoms with Crippen LogP contribution >= 0.6 is 0 Å². The number of hydrogen-bond donors (Lipinski definition) is 9. The number of aromatic amines is 9. The maximum absolute atomic E-state index is 10.2. The second-order valence-electron chi connectivity index (χ2n) is 4.09. The number of hydrogen-bond acceptors (Lipinski definition) is 9. The summed E-state index contributed by atoms with van der Waals surface area (Å²) < 4.78 is 0. The van der Waals surface area contributed by atoms with Gasteiger partial charge in [0.15, 0.2) is 0 Å². The van der Waals surface area contributed by atoms with Crippen molar-refractivity contribution < 1.29 is 37.2 Å². The van der Waals surface area contributed by atoms with Crippen molar-refractivity contribution in [2.24, 2.45) is 0 Å². The molecule has 0 aliphatic carbocycles. The third kappa shape index (κ3) is 12.5. The van der Waals surface area contributed by atoms with Crippen molar-refractivity contribution in [2.45, 2.75) is 0 Å². The lowest BCUT2D eigenvalue weighted by Crippen LogP contribution is -3.00. The Hall–Kier alpha value is -3.90. The Balaban J connectivity index is -0.000000347. The minimum absolute atomic E-state index is 0. The van der Waals surface area contributed by atoms with E-state index in [0.717, 1.165) is 0 Å². The van der Waals surface area contributed by atoms with E-state index in [1.54, 1.807) is 44.9 Å². The number of aromatic nitrogens is 9. The van der Waals surface area contributed by atoms with E-state index in [2.05, 4.69) is 0 Å². The molecule has 0 saturated carbocycles. The molecule has 0 aromatic carbocycles. The van der Waals surface area contributed by atoms with E-state index in [1.807, 2.05) is 0 Å². The van der Waals surface area contributed by atoms with Crippen LogP contribution in [0.5, 0.6) is 0 Å². The number of halogens is 3. The molecule has 0 amide bonds. The summed E-state index contributed by atoms with van der Waals surface area (Å²) in [4.78, 5) is 108. The molecule has 0 aliphatic rings. The molecule has 0 fully saturated rings. The van der Waals surface area contributed by atoms with Crippen LogP contribution in [-0.2, 0) is 0 Å². The molecule has 21 heteroatoms. The highest BCUT2D eigenvalue weighted by atomic mass is 35.5. The molecule has 30 heavy (non-hydrogen) atoms. The minimum Gasteiger partial charge on any atom is -1.00 e. The molecular weight excluding hydrogens is 485 g/mol. The fourth-order valence-corrected chi connectivity index (χ4v) is 1.21. The van der Waals surface area contributed by atoms with E-state index < -0.39 is 51.2 Å². The highest BCUT2D eigenvalue weighted by Gasteiger charge is 1.86. The van der Waals surface area contributed by atoms with Crippen LogP contribution in [0.3, 0.4) is 0 Å². The molecule has 18 nitrogen and oxygen atoms in total. The van der Waals surface area contributed by atoms with Gasteiger partial charge < -0.3 is 37.2 Å². The van der Waals surface area contributed by atoms with Crippen LogP contribution in [0.15, 0.2) is 43.2 Å². The molecule has 0 saturated heterocycles. The topological polar surface area (TPSA) is 296 Å². The fraction of sp³-hybridized carbons (Fsp3) is 0. The van der Waals surface area contributed by atoms with Crippen LogP contribution in [0.4, 0.5) is 0 Å². The molecule has 0 bridgehead atoms. The predicted molar refractivity (Wildman–Crippen MR) is 84.9 cm³/mol. The van der Waals surface area contributed by atoms with Crippen LogP contribution in [0, 0.1) is 0 Å². The minimum atomic E-state index is -0.802. The molecule has 168 valence electrons. The van der Waals surface area contributed by atoms with Gasteiger partial charge in [0.1, 0.15) is 0 Å². The lowest BCUT2D eigenvalue weighted by molar-refractivity contribution is -0.00100. The maximum Gasteiger partial charge on any atom is 0.330 e. The van der Waals surface area contributed by atoms with Crippen molar-refractivity contribution >= 4 is 0 Å². The molecule has 3 heterocycles. The Morgan fingerprint density at radius 1 is 0.233 bits per heavy atom. The van der Waals surface area contributed by atoms with Gasteiger partial charge in [-0.3, -0.25) is 44.9 Å². The van der Waals surface area contributed by atoms with Gasteiger partial charge in [0.05, 0.1) is 0 Å². The Kier molecular flexibility index (Phi) is 14.5. The summed E-state index contributed by atoms with van der Waals surface area (Å²) in [5.74, 6) is 0. The van der Waals surface area contributed by atoms with E-state index in [4.69, 9.17) is 0 Å². The van der Waals surface area contributed by atoms with E-state index >= 15 is 0 Å². The van der Waals surface area contributed by atoms with Gasteiger partial charge in [0.2, 0.25) is 0 Å². The SMILES string of the molecule is O=c1[nH]c(=O)[nH]c(=O)[nH]1.O=c1[nH]c(=O)[nH]c(=O)[nH]1.O=c1[nH]c(=O)[nH]c(=O)[nH]1.[Cl-].[Cl-].[Cl-]. The summed E-state index contributed by atoms with van der Waals surface area (Å²) in [6.07, 6.45) is 0. The molecule has 9 N–H and O–H groups in total. The maximum atomic E-state index is 10.2. The van der Waals surface area contributed by atoms with Gasteiger partial charge in [-0.25, -0.2) is 43.2 Å². The van der Waals surface area contributed by atoms with Crippen molar-refractivity contribution in [1.82, 2.24) is 44.9 Å². The van der Waals surface area contributed by atoms with Gasteiger partial charge in [-0.1, -0.05) is 0 Å². The van der Waals surface area contributed by atoms with Crippen LogP contribution in [0.25, 0.3) is 0 Å². The Morgan fingerprint density at radius 2 is 0.300 bits per heavy atom. The fourth-order valence-electron chi connectivity index (χ4n) is 1.21. The highest BCUT2D eigenvalue weighted by molar-refractivity contribution is 4.61. The normalized spacial score (nSPS) is 8.40. The zero-order valence-corrected chi connectivity index (χ0v) is 16.1. The van der Waals surface area contributed by atoms with E-state index in [-0.39, 0.29) is 37.2 Å². The van der Waals surface area contributed by atoms with Gasteiger partial charge in [-0.05, 0) is 0 Å². The van der Waals surface area contributed by atoms with Crippen LogP contribution in [-0.4, -0.2) is 44.9 Å². The standard InChI is InChI=1S/3C3H3N3O3.3ClH/c3*7-1-4-2(8)6-3(9)5-1;;;/h3*(H3,4,5,6,7,8,9);3*1H/p-3. The number of rotatable bonds is 0. The molecule has 3 aromatic heterocycles. The van der Waals surface area contributed by atoms with Gasteiger partial charge in [-0.15, -0.1) is 0 Å². The Labute approximate surface area is 176 Å². The number of nitrogens with one attached hydrogen (secondary N) is 9. The van der Waals surface area contributed by atoms with Gasteiger partial charge >= 0.3 is 51.2 Å². The molecule has 3 aromatic rings. The summed E-state index contributed by atoms with van der Waals surface area (Å²) in [5, 5.41) is 0. The number of H-pyrrole nitrogens is 9. The first-order valence-corrected chi connectivity index (χ1v) is 6.34. The molecule has 3 rings (SSSR count). The molecule has 0 spiro atoms. The summed E-state index contributed by atoms with van der Waals surface area (Å²) in [5.41, 5.74) is -7.22.